The van der Waals surface area contributed by atoms with Crippen LogP contribution < -0.4 is 5.73 Å². The zero-order chi connectivity index (χ0) is 12.3. The van der Waals surface area contributed by atoms with E-state index in [1.165, 1.54) is 10.9 Å². The first-order valence-corrected chi connectivity index (χ1v) is 6.63. The van der Waals surface area contributed by atoms with Gasteiger partial charge in [0, 0.05) is 15.8 Å². The van der Waals surface area contributed by atoms with Crippen LogP contribution in [-0.2, 0) is 0 Å². The maximum atomic E-state index is 13.1. The number of benzene rings is 1. The summed E-state index contributed by atoms with van der Waals surface area (Å²) < 4.78 is 13.1. The van der Waals surface area contributed by atoms with Crippen molar-refractivity contribution in [3.8, 4) is 10.4 Å². The van der Waals surface area contributed by atoms with Crippen LogP contribution in [0.15, 0.2) is 36.4 Å². The second kappa shape index (κ2) is 5.43. The summed E-state index contributed by atoms with van der Waals surface area (Å²) in [6.45, 7) is 2.13. The van der Waals surface area contributed by atoms with Gasteiger partial charge in [0.1, 0.15) is 5.82 Å². The van der Waals surface area contributed by atoms with E-state index in [0.717, 1.165) is 23.3 Å². The molecule has 1 unspecified atom stereocenters. The average Bonchev–Trinajstić information content (AvgIpc) is 2.78. The second-order valence-corrected chi connectivity index (χ2v) is 5.22. The smallest absolute Gasteiger partial charge is 0.123 e. The molecule has 90 valence electrons. The SMILES string of the molecule is CCCC(N)c1ccc(-c2cccc(F)c2)s1. The predicted octanol–water partition coefficient (Wildman–Crippen LogP) is 4.35. The van der Waals surface area contributed by atoms with E-state index in [-0.39, 0.29) is 11.9 Å². The van der Waals surface area contributed by atoms with Gasteiger partial charge < -0.3 is 5.73 Å². The molecule has 1 heterocycles. The van der Waals surface area contributed by atoms with Gasteiger partial charge in [0.25, 0.3) is 0 Å². The maximum Gasteiger partial charge on any atom is 0.123 e. The molecule has 0 fully saturated rings. The van der Waals surface area contributed by atoms with Gasteiger partial charge in [-0.3, -0.25) is 0 Å². The van der Waals surface area contributed by atoms with Crippen molar-refractivity contribution in [2.75, 3.05) is 0 Å². The summed E-state index contributed by atoms with van der Waals surface area (Å²) in [7, 11) is 0. The van der Waals surface area contributed by atoms with E-state index in [4.69, 9.17) is 5.73 Å². The molecule has 0 radical (unpaired) electrons. The molecule has 0 aliphatic carbocycles. The highest BCUT2D eigenvalue weighted by atomic mass is 32.1. The van der Waals surface area contributed by atoms with E-state index < -0.39 is 0 Å². The quantitative estimate of drug-likeness (QED) is 0.856. The Hall–Kier alpha value is -1.19. The molecule has 1 aromatic heterocycles. The van der Waals surface area contributed by atoms with Crippen LogP contribution in [0.4, 0.5) is 4.39 Å². The Morgan fingerprint density at radius 3 is 2.82 bits per heavy atom. The summed E-state index contributed by atoms with van der Waals surface area (Å²) >= 11 is 1.65. The number of hydrogen-bond acceptors (Lipinski definition) is 2. The van der Waals surface area contributed by atoms with Crippen LogP contribution in [0.2, 0.25) is 0 Å². The lowest BCUT2D eigenvalue weighted by Gasteiger charge is -2.06. The predicted molar refractivity (Wildman–Crippen MR) is 71.5 cm³/mol. The average molecular weight is 249 g/mol. The fourth-order valence-electron chi connectivity index (χ4n) is 1.80. The lowest BCUT2D eigenvalue weighted by molar-refractivity contribution is 0.628. The van der Waals surface area contributed by atoms with Crippen LogP contribution in [0.25, 0.3) is 10.4 Å². The third-order valence-electron chi connectivity index (χ3n) is 2.70. The van der Waals surface area contributed by atoms with Crippen molar-refractivity contribution in [1.82, 2.24) is 0 Å². The number of thiophene rings is 1. The number of hydrogen-bond donors (Lipinski definition) is 1. The van der Waals surface area contributed by atoms with Crippen molar-refractivity contribution >= 4 is 11.3 Å². The first-order valence-electron chi connectivity index (χ1n) is 5.82. The molecule has 0 spiro atoms. The Labute approximate surface area is 105 Å². The van der Waals surface area contributed by atoms with Crippen LogP contribution >= 0.6 is 11.3 Å². The minimum atomic E-state index is -0.199. The Balaban J connectivity index is 2.23. The maximum absolute atomic E-state index is 13.1. The van der Waals surface area contributed by atoms with E-state index >= 15 is 0 Å². The van der Waals surface area contributed by atoms with Crippen molar-refractivity contribution in [2.24, 2.45) is 5.73 Å². The molecule has 2 aromatic rings. The Bertz CT molecular complexity index is 492. The van der Waals surface area contributed by atoms with Gasteiger partial charge in [-0.2, -0.15) is 0 Å². The van der Waals surface area contributed by atoms with Crippen LogP contribution in [0.1, 0.15) is 30.7 Å². The van der Waals surface area contributed by atoms with Gasteiger partial charge in [0.05, 0.1) is 0 Å². The molecule has 0 amide bonds. The van der Waals surface area contributed by atoms with E-state index in [1.807, 2.05) is 18.2 Å². The fourth-order valence-corrected chi connectivity index (χ4v) is 2.84. The lowest BCUT2D eigenvalue weighted by Crippen LogP contribution is -2.07. The third-order valence-corrected chi connectivity index (χ3v) is 3.97. The first kappa shape index (κ1) is 12.3. The molecular weight excluding hydrogens is 233 g/mol. The van der Waals surface area contributed by atoms with Crippen LogP contribution in [0.3, 0.4) is 0 Å². The minimum Gasteiger partial charge on any atom is -0.323 e. The number of rotatable bonds is 4. The molecular formula is C14H16FNS. The largest absolute Gasteiger partial charge is 0.323 e. The van der Waals surface area contributed by atoms with Gasteiger partial charge >= 0.3 is 0 Å². The highest BCUT2D eigenvalue weighted by Crippen LogP contribution is 2.32. The summed E-state index contributed by atoms with van der Waals surface area (Å²) in [5.74, 6) is -0.199. The summed E-state index contributed by atoms with van der Waals surface area (Å²) in [5, 5.41) is 0. The Morgan fingerprint density at radius 1 is 1.29 bits per heavy atom. The van der Waals surface area contributed by atoms with Crippen LogP contribution in [0.5, 0.6) is 0 Å². The van der Waals surface area contributed by atoms with E-state index in [2.05, 4.69) is 6.92 Å². The fraction of sp³-hybridized carbons (Fsp3) is 0.286. The van der Waals surface area contributed by atoms with E-state index in [1.54, 1.807) is 23.5 Å². The first-order chi connectivity index (χ1) is 8.20. The Morgan fingerprint density at radius 2 is 2.12 bits per heavy atom. The van der Waals surface area contributed by atoms with Crippen molar-refractivity contribution < 1.29 is 4.39 Å². The Kier molecular flexibility index (Phi) is 3.92. The summed E-state index contributed by atoms with van der Waals surface area (Å²) in [6.07, 6.45) is 2.07. The van der Waals surface area contributed by atoms with E-state index in [0.29, 0.717) is 0 Å². The van der Waals surface area contributed by atoms with Crippen LogP contribution in [0, 0.1) is 5.82 Å². The summed E-state index contributed by atoms with van der Waals surface area (Å²) in [6, 6.07) is 10.8. The standard InChI is InChI=1S/C14H16FNS/c1-2-4-12(16)14-8-7-13(17-14)10-5-3-6-11(15)9-10/h3,5-9,12H,2,4,16H2,1H3. The monoisotopic (exact) mass is 249 g/mol. The molecule has 1 atom stereocenters. The molecule has 1 aromatic carbocycles. The molecule has 0 saturated heterocycles. The molecule has 0 bridgehead atoms. The molecule has 0 aliphatic heterocycles. The van der Waals surface area contributed by atoms with Gasteiger partial charge in [-0.15, -0.1) is 11.3 Å². The molecule has 2 rings (SSSR count). The second-order valence-electron chi connectivity index (χ2n) is 4.11. The number of halogens is 1. The number of nitrogens with two attached hydrogens (primary N) is 1. The minimum absolute atomic E-state index is 0.104. The molecule has 3 heteroatoms. The lowest BCUT2D eigenvalue weighted by atomic mass is 10.1. The van der Waals surface area contributed by atoms with Crippen LogP contribution in [-0.4, -0.2) is 0 Å². The third kappa shape index (κ3) is 2.93. The molecule has 2 N–H and O–H groups in total. The topological polar surface area (TPSA) is 26.0 Å². The van der Waals surface area contributed by atoms with Gasteiger partial charge in [0.15, 0.2) is 0 Å². The molecule has 0 aliphatic rings. The molecule has 17 heavy (non-hydrogen) atoms. The van der Waals surface area contributed by atoms with Crippen molar-refractivity contribution in [3.05, 3.63) is 47.1 Å². The van der Waals surface area contributed by atoms with Gasteiger partial charge in [0.2, 0.25) is 0 Å². The molecule has 1 nitrogen and oxygen atoms in total. The molecule has 0 saturated carbocycles. The zero-order valence-electron chi connectivity index (χ0n) is 9.82. The van der Waals surface area contributed by atoms with Crippen molar-refractivity contribution in [2.45, 2.75) is 25.8 Å². The van der Waals surface area contributed by atoms with Crippen molar-refractivity contribution in [1.29, 1.82) is 0 Å². The van der Waals surface area contributed by atoms with E-state index in [9.17, 15) is 4.39 Å². The van der Waals surface area contributed by atoms with Gasteiger partial charge in [-0.05, 0) is 36.2 Å². The van der Waals surface area contributed by atoms with Gasteiger partial charge in [-0.25, -0.2) is 4.39 Å². The highest BCUT2D eigenvalue weighted by Gasteiger charge is 2.09. The zero-order valence-corrected chi connectivity index (χ0v) is 10.6. The van der Waals surface area contributed by atoms with Gasteiger partial charge in [-0.1, -0.05) is 25.5 Å². The highest BCUT2D eigenvalue weighted by molar-refractivity contribution is 7.15. The van der Waals surface area contributed by atoms with Crippen molar-refractivity contribution in [3.63, 3.8) is 0 Å². The summed E-state index contributed by atoms with van der Waals surface area (Å²) in [5.41, 5.74) is 6.98. The summed E-state index contributed by atoms with van der Waals surface area (Å²) in [4.78, 5) is 2.25. The normalized spacial score (nSPS) is 12.6.